The molecule has 1 unspecified atom stereocenters. The smallest absolute Gasteiger partial charge is 0.293 e. The number of aliphatic hydroxyl groups excluding tert-OH is 1. The highest BCUT2D eigenvalue weighted by Crippen LogP contribution is 2.38. The summed E-state index contributed by atoms with van der Waals surface area (Å²) in [4.78, 5) is 17.9. The van der Waals surface area contributed by atoms with Crippen molar-refractivity contribution in [2.24, 2.45) is 18.9 Å². The van der Waals surface area contributed by atoms with E-state index in [9.17, 15) is 9.90 Å². The Morgan fingerprint density at radius 3 is 2.50 bits per heavy atom. The molecule has 1 saturated carbocycles. The van der Waals surface area contributed by atoms with Gasteiger partial charge in [-0.05, 0) is 36.3 Å². The van der Waals surface area contributed by atoms with E-state index in [1.807, 2.05) is 0 Å². The monoisotopic (exact) mass is 270 g/mol. The van der Waals surface area contributed by atoms with Gasteiger partial charge in [-0.2, -0.15) is 4.98 Å². The van der Waals surface area contributed by atoms with Crippen molar-refractivity contribution >= 4 is 17.5 Å². The molecule has 18 heavy (non-hydrogen) atoms. The van der Waals surface area contributed by atoms with Crippen molar-refractivity contribution in [3.8, 4) is 0 Å². The maximum Gasteiger partial charge on any atom is 0.293 e. The summed E-state index contributed by atoms with van der Waals surface area (Å²) in [5.74, 6) is 0.829. The predicted molar refractivity (Wildman–Crippen MR) is 64.1 cm³/mol. The van der Waals surface area contributed by atoms with Gasteiger partial charge in [-0.25, -0.2) is 4.68 Å². The average molecular weight is 271 g/mol. The summed E-state index contributed by atoms with van der Waals surface area (Å²) in [6.45, 7) is 1.38. The largest absolute Gasteiger partial charge is 0.393 e. The van der Waals surface area contributed by atoms with E-state index in [1.165, 1.54) is 4.68 Å². The number of aliphatic hydroxyl groups is 1. The molecular formula is C11H15ClN4O2. The number of hydrogen-bond acceptors (Lipinski definition) is 4. The first-order chi connectivity index (χ1) is 8.54. The Balaban J connectivity index is 1.72. The highest BCUT2D eigenvalue weighted by Gasteiger charge is 2.42. The van der Waals surface area contributed by atoms with Crippen LogP contribution in [-0.4, -0.2) is 49.9 Å². The highest BCUT2D eigenvalue weighted by molar-refractivity contribution is 6.28. The minimum Gasteiger partial charge on any atom is -0.393 e. The topological polar surface area (TPSA) is 71.2 Å². The van der Waals surface area contributed by atoms with Crippen LogP contribution in [0.1, 0.15) is 23.5 Å². The zero-order chi connectivity index (χ0) is 12.9. The third-order valence-electron chi connectivity index (χ3n) is 3.91. The second kappa shape index (κ2) is 4.20. The van der Waals surface area contributed by atoms with Crippen LogP contribution in [0.4, 0.5) is 0 Å². The minimum atomic E-state index is -0.195. The van der Waals surface area contributed by atoms with E-state index >= 15 is 0 Å². The van der Waals surface area contributed by atoms with Gasteiger partial charge in [0.05, 0.1) is 6.10 Å². The fraction of sp³-hybridized carbons (Fsp3) is 0.727. The SMILES string of the molecule is Cn1nc(C(=O)N2C[C@H]3CC(O)C[C@H]3C2)nc1Cl. The van der Waals surface area contributed by atoms with Crippen LogP contribution in [-0.2, 0) is 7.05 Å². The van der Waals surface area contributed by atoms with Gasteiger partial charge in [-0.3, -0.25) is 4.79 Å². The van der Waals surface area contributed by atoms with Gasteiger partial charge in [0.2, 0.25) is 11.1 Å². The maximum absolute atomic E-state index is 12.2. The third kappa shape index (κ3) is 1.89. The Hall–Kier alpha value is -1.14. The first kappa shape index (κ1) is 11.9. The number of halogens is 1. The lowest BCUT2D eigenvalue weighted by molar-refractivity contribution is 0.0753. The molecule has 1 aromatic heterocycles. The number of aromatic nitrogens is 3. The van der Waals surface area contributed by atoms with Crippen molar-refractivity contribution in [2.75, 3.05) is 13.1 Å². The van der Waals surface area contributed by atoms with E-state index in [4.69, 9.17) is 11.6 Å². The van der Waals surface area contributed by atoms with Gasteiger partial charge >= 0.3 is 0 Å². The second-order valence-electron chi connectivity index (χ2n) is 5.18. The van der Waals surface area contributed by atoms with Crippen molar-refractivity contribution in [3.63, 3.8) is 0 Å². The summed E-state index contributed by atoms with van der Waals surface area (Å²) in [6, 6.07) is 0. The zero-order valence-electron chi connectivity index (χ0n) is 10.1. The van der Waals surface area contributed by atoms with Crippen molar-refractivity contribution in [1.82, 2.24) is 19.7 Å². The Kier molecular flexibility index (Phi) is 2.79. The lowest BCUT2D eigenvalue weighted by atomic mass is 10.0. The van der Waals surface area contributed by atoms with Gasteiger partial charge < -0.3 is 10.0 Å². The van der Waals surface area contributed by atoms with Crippen LogP contribution < -0.4 is 0 Å². The van der Waals surface area contributed by atoms with Crippen molar-refractivity contribution in [2.45, 2.75) is 18.9 Å². The quantitative estimate of drug-likeness (QED) is 0.797. The number of fused-ring (bicyclic) bond motifs is 1. The zero-order valence-corrected chi connectivity index (χ0v) is 10.8. The third-order valence-corrected chi connectivity index (χ3v) is 4.24. The molecule has 0 radical (unpaired) electrons. The second-order valence-corrected chi connectivity index (χ2v) is 5.52. The van der Waals surface area contributed by atoms with Gasteiger partial charge in [-0.1, -0.05) is 0 Å². The van der Waals surface area contributed by atoms with Crippen LogP contribution in [0.25, 0.3) is 0 Å². The molecule has 1 aromatic rings. The van der Waals surface area contributed by atoms with Gasteiger partial charge in [0.25, 0.3) is 5.91 Å². The van der Waals surface area contributed by atoms with Gasteiger partial charge in [-0.15, -0.1) is 5.10 Å². The van der Waals surface area contributed by atoms with Crippen LogP contribution in [0, 0.1) is 11.8 Å². The first-order valence-electron chi connectivity index (χ1n) is 6.08. The number of amides is 1. The highest BCUT2D eigenvalue weighted by atomic mass is 35.5. The Labute approximate surface area is 110 Å². The normalized spacial score (nSPS) is 30.8. The first-order valence-corrected chi connectivity index (χ1v) is 6.46. The van der Waals surface area contributed by atoms with Crippen LogP contribution >= 0.6 is 11.6 Å². The van der Waals surface area contributed by atoms with Crippen LogP contribution in [0.5, 0.6) is 0 Å². The molecule has 3 atom stereocenters. The Morgan fingerprint density at radius 2 is 2.00 bits per heavy atom. The lowest BCUT2D eigenvalue weighted by Gasteiger charge is -2.15. The summed E-state index contributed by atoms with van der Waals surface area (Å²) in [5, 5.41) is 13.8. The molecule has 7 heteroatoms. The molecule has 0 aromatic carbocycles. The molecule has 0 spiro atoms. The lowest BCUT2D eigenvalue weighted by Crippen LogP contribution is -2.31. The number of carbonyl (C=O) groups excluding carboxylic acids is 1. The van der Waals surface area contributed by atoms with Crippen LogP contribution in [0.3, 0.4) is 0 Å². The molecule has 1 N–H and O–H groups in total. The molecule has 1 aliphatic heterocycles. The van der Waals surface area contributed by atoms with Crippen molar-refractivity contribution < 1.29 is 9.90 Å². The van der Waals surface area contributed by atoms with E-state index in [2.05, 4.69) is 10.1 Å². The molecule has 3 rings (SSSR count). The summed E-state index contributed by atoms with van der Waals surface area (Å²) >= 11 is 5.78. The summed E-state index contributed by atoms with van der Waals surface area (Å²) < 4.78 is 1.38. The number of carbonyl (C=O) groups is 1. The van der Waals surface area contributed by atoms with E-state index in [-0.39, 0.29) is 23.1 Å². The number of aryl methyl sites for hydroxylation is 1. The molecule has 1 saturated heterocycles. The van der Waals surface area contributed by atoms with E-state index in [1.54, 1.807) is 11.9 Å². The molecule has 2 aliphatic rings. The Bertz CT molecular complexity index is 456. The molecule has 0 bridgehead atoms. The fourth-order valence-electron chi connectivity index (χ4n) is 3.03. The van der Waals surface area contributed by atoms with Crippen molar-refractivity contribution in [1.29, 1.82) is 0 Å². The van der Waals surface area contributed by atoms with Crippen LogP contribution in [0.2, 0.25) is 5.28 Å². The standard InChI is InChI=1S/C11H15ClN4O2/c1-15-11(12)13-9(14-15)10(18)16-4-6-2-8(17)3-7(6)5-16/h6-8,17H,2-5H2,1H3/t6-,7+,8?. The number of hydrogen-bond donors (Lipinski definition) is 1. The van der Waals surface area contributed by atoms with Gasteiger partial charge in [0, 0.05) is 20.1 Å². The van der Waals surface area contributed by atoms with E-state index < -0.39 is 0 Å². The number of likely N-dealkylation sites (tertiary alicyclic amines) is 1. The molecule has 98 valence electrons. The predicted octanol–water partition coefficient (Wildman–Crippen LogP) is 0.311. The summed E-state index contributed by atoms with van der Waals surface area (Å²) in [5.41, 5.74) is 0. The van der Waals surface area contributed by atoms with Crippen molar-refractivity contribution in [3.05, 3.63) is 11.1 Å². The molecule has 6 nitrogen and oxygen atoms in total. The summed E-state index contributed by atoms with van der Waals surface area (Å²) in [6.07, 6.45) is 1.40. The molecule has 2 fully saturated rings. The van der Waals surface area contributed by atoms with Gasteiger partial charge in [0.1, 0.15) is 0 Å². The molecule has 2 heterocycles. The van der Waals surface area contributed by atoms with Crippen LogP contribution in [0.15, 0.2) is 0 Å². The molecule has 1 amide bonds. The maximum atomic E-state index is 12.2. The minimum absolute atomic E-state index is 0.156. The number of nitrogens with zero attached hydrogens (tertiary/aromatic N) is 4. The molecular weight excluding hydrogens is 256 g/mol. The average Bonchev–Trinajstić information content (AvgIpc) is 2.92. The fourth-order valence-corrected chi connectivity index (χ4v) is 3.15. The number of rotatable bonds is 1. The van der Waals surface area contributed by atoms with E-state index in [0.29, 0.717) is 24.9 Å². The van der Waals surface area contributed by atoms with Gasteiger partial charge in [0.15, 0.2) is 0 Å². The van der Waals surface area contributed by atoms with E-state index in [0.717, 1.165) is 12.8 Å². The molecule has 1 aliphatic carbocycles. The summed E-state index contributed by atoms with van der Waals surface area (Å²) in [7, 11) is 1.65. The Morgan fingerprint density at radius 1 is 1.39 bits per heavy atom.